The van der Waals surface area contributed by atoms with E-state index < -0.39 is 11.9 Å². The summed E-state index contributed by atoms with van der Waals surface area (Å²) in [6, 6.07) is 9.45. The summed E-state index contributed by atoms with van der Waals surface area (Å²) in [5, 5.41) is 2.63. The molecule has 1 aliphatic heterocycles. The molecule has 1 aliphatic rings. The average molecular weight is 335 g/mol. The van der Waals surface area contributed by atoms with Crippen molar-refractivity contribution in [2.75, 3.05) is 13.2 Å². The topological polar surface area (TPSA) is 73.9 Å². The van der Waals surface area contributed by atoms with E-state index in [1.165, 1.54) is 0 Å². The fourth-order valence-corrected chi connectivity index (χ4v) is 2.56. The van der Waals surface area contributed by atoms with Gasteiger partial charge in [0.25, 0.3) is 0 Å². The zero-order valence-electron chi connectivity index (χ0n) is 14.1. The third-order valence-corrected chi connectivity index (χ3v) is 3.95. The molecule has 6 nitrogen and oxygen atoms in total. The van der Waals surface area contributed by atoms with Crippen molar-refractivity contribution in [3.05, 3.63) is 35.9 Å². The maximum absolute atomic E-state index is 11.9. The van der Waals surface area contributed by atoms with Crippen molar-refractivity contribution in [1.29, 1.82) is 0 Å². The second kappa shape index (κ2) is 9.27. The van der Waals surface area contributed by atoms with Gasteiger partial charge in [-0.2, -0.15) is 0 Å². The first-order valence-corrected chi connectivity index (χ1v) is 8.44. The number of hydrogen-bond donors (Lipinski definition) is 1. The number of nitrogens with one attached hydrogen (secondary N) is 1. The minimum atomic E-state index is -0.737. The normalized spacial score (nSPS) is 19.7. The Hall–Kier alpha value is -2.08. The molecule has 1 amide bonds. The number of carbonyl (C=O) groups is 2. The molecular formula is C18H25NO5. The predicted molar refractivity (Wildman–Crippen MR) is 88.2 cm³/mol. The van der Waals surface area contributed by atoms with Crippen LogP contribution in [-0.4, -0.2) is 31.0 Å². The van der Waals surface area contributed by atoms with E-state index in [1.807, 2.05) is 37.3 Å². The standard InChI is InChI=1S/C18H25NO5/c1-2-18(11-7-13-23-18)24-16(20)10-6-12-19-17(21)22-14-15-8-4-3-5-9-15/h3-5,8-9H,2,6-7,10-14H2,1H3,(H,19,21). The summed E-state index contributed by atoms with van der Waals surface area (Å²) in [6.07, 6.45) is 2.57. The summed E-state index contributed by atoms with van der Waals surface area (Å²) >= 11 is 0. The summed E-state index contributed by atoms with van der Waals surface area (Å²) in [5.74, 6) is -1.03. The second-order valence-electron chi connectivity index (χ2n) is 5.78. The summed E-state index contributed by atoms with van der Waals surface area (Å²) in [7, 11) is 0. The fourth-order valence-electron chi connectivity index (χ4n) is 2.56. The van der Waals surface area contributed by atoms with Crippen LogP contribution in [-0.2, 0) is 25.6 Å². The van der Waals surface area contributed by atoms with Crippen LogP contribution in [0, 0.1) is 0 Å². The van der Waals surface area contributed by atoms with Gasteiger partial charge in [0.15, 0.2) is 0 Å². The highest BCUT2D eigenvalue weighted by atomic mass is 16.7. The Balaban J connectivity index is 1.57. The third-order valence-electron chi connectivity index (χ3n) is 3.95. The third kappa shape index (κ3) is 5.85. The van der Waals surface area contributed by atoms with Gasteiger partial charge in [-0.1, -0.05) is 37.3 Å². The predicted octanol–water partition coefficient (Wildman–Crippen LogP) is 3.15. The molecule has 1 aromatic rings. The lowest BCUT2D eigenvalue weighted by Gasteiger charge is -2.26. The van der Waals surface area contributed by atoms with Gasteiger partial charge < -0.3 is 19.5 Å². The minimum Gasteiger partial charge on any atom is -0.445 e. The summed E-state index contributed by atoms with van der Waals surface area (Å²) in [6.45, 7) is 3.17. The van der Waals surface area contributed by atoms with Gasteiger partial charge in [0.1, 0.15) is 6.61 Å². The van der Waals surface area contributed by atoms with Gasteiger partial charge in [0.2, 0.25) is 5.79 Å². The van der Waals surface area contributed by atoms with Crippen molar-refractivity contribution < 1.29 is 23.8 Å². The molecular weight excluding hydrogens is 310 g/mol. The largest absolute Gasteiger partial charge is 0.445 e. The van der Waals surface area contributed by atoms with E-state index in [0.29, 0.717) is 26.0 Å². The quantitative estimate of drug-likeness (QED) is 0.583. The van der Waals surface area contributed by atoms with Crippen LogP contribution in [0.1, 0.15) is 44.6 Å². The van der Waals surface area contributed by atoms with Gasteiger partial charge in [-0.25, -0.2) is 4.79 Å². The smallest absolute Gasteiger partial charge is 0.407 e. The van der Waals surface area contributed by atoms with Crippen LogP contribution in [0.3, 0.4) is 0 Å². The number of esters is 1. The van der Waals surface area contributed by atoms with Crippen LogP contribution >= 0.6 is 0 Å². The van der Waals surface area contributed by atoms with Crippen LogP contribution in [0.2, 0.25) is 0 Å². The van der Waals surface area contributed by atoms with Crippen molar-refractivity contribution in [1.82, 2.24) is 5.32 Å². The maximum atomic E-state index is 11.9. The van der Waals surface area contributed by atoms with E-state index >= 15 is 0 Å². The zero-order chi connectivity index (χ0) is 17.3. The number of ether oxygens (including phenoxy) is 3. The Morgan fingerprint density at radius 3 is 2.75 bits per heavy atom. The molecule has 1 heterocycles. The highest BCUT2D eigenvalue weighted by molar-refractivity contribution is 5.70. The van der Waals surface area contributed by atoms with Crippen molar-refractivity contribution in [3.8, 4) is 0 Å². The molecule has 1 N–H and O–H groups in total. The van der Waals surface area contributed by atoms with Gasteiger partial charge >= 0.3 is 12.1 Å². The van der Waals surface area contributed by atoms with E-state index in [9.17, 15) is 9.59 Å². The van der Waals surface area contributed by atoms with Gasteiger partial charge in [0, 0.05) is 25.8 Å². The molecule has 132 valence electrons. The summed E-state index contributed by atoms with van der Waals surface area (Å²) in [4.78, 5) is 23.4. The number of alkyl carbamates (subject to hydrolysis) is 1. The lowest BCUT2D eigenvalue weighted by atomic mass is 10.1. The van der Waals surface area contributed by atoms with Crippen molar-refractivity contribution in [3.63, 3.8) is 0 Å². The molecule has 1 fully saturated rings. The molecule has 0 saturated carbocycles. The van der Waals surface area contributed by atoms with Crippen LogP contribution in [0.15, 0.2) is 30.3 Å². The van der Waals surface area contributed by atoms with Gasteiger partial charge in [-0.05, 0) is 18.4 Å². The van der Waals surface area contributed by atoms with Gasteiger partial charge in [-0.3, -0.25) is 4.79 Å². The average Bonchev–Trinajstić information content (AvgIpc) is 3.07. The zero-order valence-corrected chi connectivity index (χ0v) is 14.1. The minimum absolute atomic E-state index is 0.227. The van der Waals surface area contributed by atoms with Crippen molar-refractivity contribution in [2.45, 2.75) is 51.4 Å². The van der Waals surface area contributed by atoms with Crippen LogP contribution < -0.4 is 5.32 Å². The van der Waals surface area contributed by atoms with Gasteiger partial charge in [0.05, 0.1) is 6.61 Å². The first kappa shape index (κ1) is 18.3. The molecule has 6 heteroatoms. The number of hydrogen-bond acceptors (Lipinski definition) is 5. The fraction of sp³-hybridized carbons (Fsp3) is 0.556. The first-order valence-electron chi connectivity index (χ1n) is 8.44. The van der Waals surface area contributed by atoms with E-state index in [4.69, 9.17) is 14.2 Å². The molecule has 2 rings (SSSR count). The second-order valence-corrected chi connectivity index (χ2v) is 5.78. The highest BCUT2D eigenvalue weighted by Crippen LogP contribution is 2.30. The Morgan fingerprint density at radius 2 is 2.08 bits per heavy atom. The maximum Gasteiger partial charge on any atom is 0.407 e. The Labute approximate surface area is 142 Å². The SMILES string of the molecule is CCC1(OC(=O)CCCNC(=O)OCc2ccccc2)CCCO1. The number of rotatable bonds is 8. The highest BCUT2D eigenvalue weighted by Gasteiger charge is 2.37. The summed E-state index contributed by atoms with van der Waals surface area (Å²) in [5.41, 5.74) is 0.928. The lowest BCUT2D eigenvalue weighted by molar-refractivity contribution is -0.214. The van der Waals surface area contributed by atoms with Crippen LogP contribution in [0.5, 0.6) is 0 Å². The molecule has 0 radical (unpaired) electrons. The number of carbonyl (C=O) groups excluding carboxylic acids is 2. The Bertz CT molecular complexity index is 525. The van der Waals surface area contributed by atoms with E-state index in [2.05, 4.69) is 5.32 Å². The number of amides is 1. The van der Waals surface area contributed by atoms with Crippen molar-refractivity contribution in [2.24, 2.45) is 0 Å². The lowest BCUT2D eigenvalue weighted by Crippen LogP contribution is -2.33. The number of benzene rings is 1. The van der Waals surface area contributed by atoms with E-state index in [-0.39, 0.29) is 19.0 Å². The summed E-state index contributed by atoms with van der Waals surface area (Å²) < 4.78 is 16.1. The molecule has 0 aliphatic carbocycles. The molecule has 1 atom stereocenters. The first-order chi connectivity index (χ1) is 11.6. The molecule has 1 aromatic carbocycles. The Kier molecular flexibility index (Phi) is 7.06. The van der Waals surface area contributed by atoms with Crippen LogP contribution in [0.4, 0.5) is 4.79 Å². The molecule has 0 aromatic heterocycles. The van der Waals surface area contributed by atoms with Crippen molar-refractivity contribution >= 4 is 12.1 Å². The van der Waals surface area contributed by atoms with E-state index in [0.717, 1.165) is 18.4 Å². The Morgan fingerprint density at radius 1 is 1.29 bits per heavy atom. The molecule has 1 unspecified atom stereocenters. The van der Waals surface area contributed by atoms with E-state index in [1.54, 1.807) is 0 Å². The van der Waals surface area contributed by atoms with Crippen LogP contribution in [0.25, 0.3) is 0 Å². The van der Waals surface area contributed by atoms with Gasteiger partial charge in [-0.15, -0.1) is 0 Å². The molecule has 0 spiro atoms. The molecule has 0 bridgehead atoms. The molecule has 1 saturated heterocycles. The monoisotopic (exact) mass is 335 g/mol. The molecule has 24 heavy (non-hydrogen) atoms.